The van der Waals surface area contributed by atoms with Gasteiger partial charge in [0.1, 0.15) is 0 Å². The van der Waals surface area contributed by atoms with Gasteiger partial charge in [-0.3, -0.25) is 9.88 Å². The smallest absolute Gasteiger partial charge is 0.231 e. The molecule has 3 aromatic rings. The van der Waals surface area contributed by atoms with Crippen LogP contribution in [0.25, 0.3) is 11.4 Å². The number of piperidine rings is 1. The number of pyridine rings is 1. The zero-order valence-corrected chi connectivity index (χ0v) is 15.4. The van der Waals surface area contributed by atoms with Crippen LogP contribution >= 0.6 is 11.8 Å². The highest BCUT2D eigenvalue weighted by molar-refractivity contribution is 7.98. The van der Waals surface area contributed by atoms with Crippen molar-refractivity contribution in [2.45, 2.75) is 30.5 Å². The average molecular weight is 368 g/mol. The van der Waals surface area contributed by atoms with Crippen LogP contribution < -0.4 is 0 Å². The molecule has 7 nitrogen and oxygen atoms in total. The van der Waals surface area contributed by atoms with Crippen LogP contribution in [-0.4, -0.2) is 49.3 Å². The van der Waals surface area contributed by atoms with E-state index < -0.39 is 0 Å². The predicted octanol–water partition coefficient (Wildman–Crippen LogP) is 3.02. The van der Waals surface area contributed by atoms with Gasteiger partial charge in [-0.05, 0) is 37.8 Å². The van der Waals surface area contributed by atoms with Crippen molar-refractivity contribution in [3.63, 3.8) is 0 Å². The average Bonchev–Trinajstić information content (AvgIpc) is 3.20. The molecule has 0 N–H and O–H groups in total. The molecule has 0 unspecified atom stereocenters. The number of rotatable bonds is 5. The van der Waals surface area contributed by atoms with Crippen LogP contribution in [0.4, 0.5) is 0 Å². The van der Waals surface area contributed by atoms with E-state index in [2.05, 4.69) is 30.0 Å². The van der Waals surface area contributed by atoms with Gasteiger partial charge < -0.3 is 4.52 Å². The highest BCUT2D eigenvalue weighted by Crippen LogP contribution is 2.28. The van der Waals surface area contributed by atoms with Gasteiger partial charge in [0, 0.05) is 49.0 Å². The Morgan fingerprint density at radius 1 is 1.27 bits per heavy atom. The Bertz CT molecular complexity index is 838. The molecule has 0 radical (unpaired) electrons. The van der Waals surface area contributed by atoms with E-state index in [1.54, 1.807) is 24.2 Å². The number of hydrogen-bond donors (Lipinski definition) is 0. The van der Waals surface area contributed by atoms with Gasteiger partial charge in [0.25, 0.3) is 0 Å². The quantitative estimate of drug-likeness (QED) is 0.502. The molecule has 1 aliphatic rings. The molecule has 0 aliphatic carbocycles. The van der Waals surface area contributed by atoms with Gasteiger partial charge in [-0.1, -0.05) is 16.9 Å². The summed E-state index contributed by atoms with van der Waals surface area (Å²) in [6.45, 7) is 2.80. The lowest BCUT2D eigenvalue weighted by Gasteiger charge is -2.30. The Balaban J connectivity index is 1.42. The molecule has 1 aliphatic heterocycles. The van der Waals surface area contributed by atoms with Gasteiger partial charge in [0.2, 0.25) is 11.7 Å². The van der Waals surface area contributed by atoms with Crippen LogP contribution in [0.15, 0.2) is 46.6 Å². The topological polar surface area (TPSA) is 80.8 Å². The molecule has 1 saturated heterocycles. The summed E-state index contributed by atoms with van der Waals surface area (Å²) in [4.78, 5) is 19.8. The van der Waals surface area contributed by atoms with Gasteiger partial charge in [0.15, 0.2) is 5.16 Å². The zero-order valence-electron chi connectivity index (χ0n) is 14.6. The Kier molecular flexibility index (Phi) is 5.21. The fourth-order valence-corrected chi connectivity index (χ4v) is 3.52. The minimum atomic E-state index is 0.257. The van der Waals surface area contributed by atoms with Gasteiger partial charge in [-0.25, -0.2) is 9.97 Å². The fraction of sp³-hybridized carbons (Fsp3) is 0.389. The SMILES string of the molecule is CSc1ncc(CN2CCC[C@@H](c3nc(-c4cccnc4)no3)C2)cn1. The largest absolute Gasteiger partial charge is 0.339 e. The second-order valence-electron chi connectivity index (χ2n) is 6.35. The van der Waals surface area contributed by atoms with Crippen LogP contribution in [0.5, 0.6) is 0 Å². The first kappa shape index (κ1) is 17.1. The molecule has 0 amide bonds. The Labute approximate surface area is 156 Å². The van der Waals surface area contributed by atoms with E-state index >= 15 is 0 Å². The van der Waals surface area contributed by atoms with Crippen molar-refractivity contribution in [1.29, 1.82) is 0 Å². The maximum atomic E-state index is 5.54. The van der Waals surface area contributed by atoms with Gasteiger partial charge in [-0.15, -0.1) is 0 Å². The molecule has 4 heterocycles. The molecule has 0 bridgehead atoms. The van der Waals surface area contributed by atoms with Crippen LogP contribution in [0.2, 0.25) is 0 Å². The van der Waals surface area contributed by atoms with E-state index in [-0.39, 0.29) is 5.92 Å². The molecule has 8 heteroatoms. The Hall–Kier alpha value is -2.32. The molecule has 134 valence electrons. The molecular weight excluding hydrogens is 348 g/mol. The highest BCUT2D eigenvalue weighted by Gasteiger charge is 2.26. The molecule has 0 spiro atoms. The fourth-order valence-electron chi connectivity index (χ4n) is 3.20. The normalized spacial score (nSPS) is 18.1. The molecule has 4 rings (SSSR count). The van der Waals surface area contributed by atoms with Crippen molar-refractivity contribution in [1.82, 2.24) is 30.0 Å². The maximum absolute atomic E-state index is 5.54. The number of aromatic nitrogens is 5. The zero-order chi connectivity index (χ0) is 17.8. The second-order valence-corrected chi connectivity index (χ2v) is 7.12. The monoisotopic (exact) mass is 368 g/mol. The lowest BCUT2D eigenvalue weighted by molar-refractivity contribution is 0.180. The summed E-state index contributed by atoms with van der Waals surface area (Å²) in [6.07, 6.45) is 11.5. The highest BCUT2D eigenvalue weighted by atomic mass is 32.2. The lowest BCUT2D eigenvalue weighted by atomic mass is 9.97. The summed E-state index contributed by atoms with van der Waals surface area (Å²) in [5.41, 5.74) is 2.01. The molecule has 3 aromatic heterocycles. The first-order chi connectivity index (χ1) is 12.8. The van der Waals surface area contributed by atoms with Crippen molar-refractivity contribution in [2.24, 2.45) is 0 Å². The van der Waals surface area contributed by atoms with Crippen LogP contribution in [0, 0.1) is 0 Å². The minimum absolute atomic E-state index is 0.257. The molecule has 0 aromatic carbocycles. The first-order valence-electron chi connectivity index (χ1n) is 8.63. The third-order valence-corrected chi connectivity index (χ3v) is 5.06. The standard InChI is InChI=1S/C18H20N6OS/c1-26-18-20-8-13(9-21-18)11-24-7-3-5-15(12-24)17-22-16(23-25-17)14-4-2-6-19-10-14/h2,4,6,8-10,15H,3,5,7,11-12H2,1H3/t15-/m1/s1. The number of hydrogen-bond acceptors (Lipinski definition) is 8. The van der Waals surface area contributed by atoms with Crippen molar-refractivity contribution in [2.75, 3.05) is 19.3 Å². The van der Waals surface area contributed by atoms with Gasteiger partial charge >= 0.3 is 0 Å². The third-order valence-electron chi connectivity index (χ3n) is 4.49. The van der Waals surface area contributed by atoms with E-state index in [1.807, 2.05) is 30.8 Å². The van der Waals surface area contributed by atoms with Crippen molar-refractivity contribution in [3.8, 4) is 11.4 Å². The summed E-state index contributed by atoms with van der Waals surface area (Å²) in [7, 11) is 0. The van der Waals surface area contributed by atoms with Crippen molar-refractivity contribution in [3.05, 3.63) is 48.4 Å². The van der Waals surface area contributed by atoms with Crippen molar-refractivity contribution >= 4 is 11.8 Å². The summed E-state index contributed by atoms with van der Waals surface area (Å²) in [5, 5.41) is 4.93. The van der Waals surface area contributed by atoms with E-state index in [4.69, 9.17) is 4.52 Å². The summed E-state index contributed by atoms with van der Waals surface area (Å²) < 4.78 is 5.54. The maximum Gasteiger partial charge on any atom is 0.231 e. The summed E-state index contributed by atoms with van der Waals surface area (Å²) in [5.74, 6) is 1.57. The third kappa shape index (κ3) is 3.91. The van der Waals surface area contributed by atoms with Crippen LogP contribution in [-0.2, 0) is 6.54 Å². The van der Waals surface area contributed by atoms with Gasteiger partial charge in [0.05, 0.1) is 5.92 Å². The van der Waals surface area contributed by atoms with E-state index in [9.17, 15) is 0 Å². The minimum Gasteiger partial charge on any atom is -0.339 e. The number of nitrogens with zero attached hydrogens (tertiary/aromatic N) is 6. The van der Waals surface area contributed by atoms with E-state index in [0.29, 0.717) is 11.7 Å². The second kappa shape index (κ2) is 7.92. The first-order valence-corrected chi connectivity index (χ1v) is 9.85. The molecule has 26 heavy (non-hydrogen) atoms. The Morgan fingerprint density at radius 2 is 2.15 bits per heavy atom. The molecular formula is C18H20N6OS. The van der Waals surface area contributed by atoms with Gasteiger partial charge in [-0.2, -0.15) is 4.98 Å². The van der Waals surface area contributed by atoms with E-state index in [0.717, 1.165) is 48.8 Å². The van der Waals surface area contributed by atoms with E-state index in [1.165, 1.54) is 0 Å². The number of thioether (sulfide) groups is 1. The molecule has 1 fully saturated rings. The predicted molar refractivity (Wildman–Crippen MR) is 98.6 cm³/mol. The van der Waals surface area contributed by atoms with Crippen molar-refractivity contribution < 1.29 is 4.52 Å². The summed E-state index contributed by atoms with van der Waals surface area (Å²) in [6, 6.07) is 3.81. The number of likely N-dealkylation sites (tertiary alicyclic amines) is 1. The molecule has 0 saturated carbocycles. The lowest BCUT2D eigenvalue weighted by Crippen LogP contribution is -2.34. The molecule has 1 atom stereocenters. The summed E-state index contributed by atoms with van der Waals surface area (Å²) >= 11 is 1.55. The van der Waals surface area contributed by atoms with Crippen LogP contribution in [0.3, 0.4) is 0 Å². The Morgan fingerprint density at radius 3 is 2.92 bits per heavy atom. The van der Waals surface area contributed by atoms with Crippen LogP contribution in [0.1, 0.15) is 30.2 Å².